The number of rotatable bonds is 8. The maximum Gasteiger partial charge on any atom is 0.101 e. The molecular weight excluding hydrogens is 308 g/mol. The zero-order valence-corrected chi connectivity index (χ0v) is 15.3. The van der Waals surface area contributed by atoms with E-state index in [2.05, 4.69) is 46.9 Å². The maximum absolute atomic E-state index is 9.54. The van der Waals surface area contributed by atoms with Crippen LogP contribution in [0.2, 0.25) is 0 Å². The van der Waals surface area contributed by atoms with Crippen LogP contribution in [-0.4, -0.2) is 25.1 Å². The van der Waals surface area contributed by atoms with Crippen molar-refractivity contribution < 1.29 is 0 Å². The number of nitrogens with zero attached hydrogens (tertiary/aromatic N) is 3. The van der Waals surface area contributed by atoms with Gasteiger partial charge in [-0.15, -0.1) is 6.58 Å². The maximum atomic E-state index is 9.54. The molecule has 0 spiro atoms. The first-order valence-electron chi connectivity index (χ1n) is 8.69. The van der Waals surface area contributed by atoms with Gasteiger partial charge in [-0.05, 0) is 43.5 Å². The van der Waals surface area contributed by atoms with E-state index in [1.54, 1.807) is 0 Å². The highest BCUT2D eigenvalue weighted by Gasteiger charge is 2.13. The number of aryl methyl sites for hydroxylation is 1. The van der Waals surface area contributed by atoms with Gasteiger partial charge in [0.2, 0.25) is 0 Å². The summed E-state index contributed by atoms with van der Waals surface area (Å²) >= 11 is 0. The molecule has 0 bridgehead atoms. The lowest BCUT2D eigenvalue weighted by molar-refractivity contribution is 0.764. The monoisotopic (exact) mass is 334 g/mol. The topological polar surface area (TPSA) is 52.0 Å². The minimum atomic E-state index is 0.705. The Balaban J connectivity index is 2.52. The lowest BCUT2D eigenvalue weighted by atomic mass is 10.0. The Kier molecular flexibility index (Phi) is 6.59. The molecule has 1 N–H and O–H groups in total. The van der Waals surface area contributed by atoms with Crippen LogP contribution in [0.1, 0.15) is 31.0 Å². The summed E-state index contributed by atoms with van der Waals surface area (Å²) in [5.41, 5.74) is 5.80. The molecule has 2 aromatic rings. The fourth-order valence-electron chi connectivity index (χ4n) is 2.89. The second kappa shape index (κ2) is 8.89. The van der Waals surface area contributed by atoms with Crippen LogP contribution in [0.5, 0.6) is 0 Å². The SMILES string of the molecule is C=CCCN(CCC)c1cc(-c2cc(NC)cnc2C)ccc1C#N. The van der Waals surface area contributed by atoms with Gasteiger partial charge in [-0.2, -0.15) is 5.26 Å². The average Bonchev–Trinajstić information content (AvgIpc) is 2.65. The minimum Gasteiger partial charge on any atom is -0.387 e. The third kappa shape index (κ3) is 4.39. The zero-order valence-electron chi connectivity index (χ0n) is 15.3. The predicted octanol–water partition coefficient (Wildman–Crippen LogP) is 4.76. The van der Waals surface area contributed by atoms with E-state index in [-0.39, 0.29) is 0 Å². The number of hydrogen-bond donors (Lipinski definition) is 1. The lowest BCUT2D eigenvalue weighted by Crippen LogP contribution is -2.25. The van der Waals surface area contributed by atoms with Gasteiger partial charge < -0.3 is 10.2 Å². The molecule has 0 saturated carbocycles. The van der Waals surface area contributed by atoms with Gasteiger partial charge in [0.1, 0.15) is 6.07 Å². The van der Waals surface area contributed by atoms with Crippen molar-refractivity contribution in [1.29, 1.82) is 5.26 Å². The molecule has 0 aliphatic rings. The number of hydrogen-bond acceptors (Lipinski definition) is 4. The summed E-state index contributed by atoms with van der Waals surface area (Å²) < 4.78 is 0. The molecule has 0 aliphatic carbocycles. The Bertz CT molecular complexity index is 774. The van der Waals surface area contributed by atoms with Gasteiger partial charge in [0.15, 0.2) is 0 Å². The Morgan fingerprint density at radius 1 is 1.32 bits per heavy atom. The predicted molar refractivity (Wildman–Crippen MR) is 106 cm³/mol. The van der Waals surface area contributed by atoms with Gasteiger partial charge in [-0.3, -0.25) is 4.98 Å². The Hall–Kier alpha value is -2.80. The van der Waals surface area contributed by atoms with Crippen molar-refractivity contribution >= 4 is 11.4 Å². The van der Waals surface area contributed by atoms with Gasteiger partial charge >= 0.3 is 0 Å². The lowest BCUT2D eigenvalue weighted by Gasteiger charge is -2.25. The van der Waals surface area contributed by atoms with E-state index in [1.807, 2.05) is 38.4 Å². The Labute approximate surface area is 150 Å². The van der Waals surface area contributed by atoms with Crippen LogP contribution in [0, 0.1) is 18.3 Å². The van der Waals surface area contributed by atoms with E-state index >= 15 is 0 Å². The highest BCUT2D eigenvalue weighted by molar-refractivity contribution is 5.75. The summed E-state index contributed by atoms with van der Waals surface area (Å²) in [6.07, 6.45) is 5.67. The second-order valence-electron chi connectivity index (χ2n) is 6.02. The summed E-state index contributed by atoms with van der Waals surface area (Å²) in [6, 6.07) is 10.5. The Morgan fingerprint density at radius 2 is 2.12 bits per heavy atom. The van der Waals surface area contributed by atoms with Crippen LogP contribution >= 0.6 is 0 Å². The summed E-state index contributed by atoms with van der Waals surface area (Å²) in [5, 5.41) is 12.7. The number of pyridine rings is 1. The van der Waals surface area contributed by atoms with Crippen LogP contribution in [0.15, 0.2) is 43.1 Å². The standard InChI is InChI=1S/C21H26N4/c1-5-7-11-25(10-6-2)21-12-17(8-9-18(21)14-22)20-13-19(23-4)15-24-16(20)3/h5,8-9,12-13,15,23H,1,6-7,10-11H2,2-4H3. The molecular formula is C21H26N4. The van der Waals surface area contributed by atoms with Gasteiger partial charge in [0.25, 0.3) is 0 Å². The van der Waals surface area contributed by atoms with E-state index in [4.69, 9.17) is 0 Å². The summed E-state index contributed by atoms with van der Waals surface area (Å²) in [6.45, 7) is 9.76. The Morgan fingerprint density at radius 3 is 2.76 bits per heavy atom. The van der Waals surface area contributed by atoms with E-state index in [1.165, 1.54) is 0 Å². The highest BCUT2D eigenvalue weighted by Crippen LogP contribution is 2.31. The smallest absolute Gasteiger partial charge is 0.101 e. The van der Waals surface area contributed by atoms with E-state index in [0.717, 1.165) is 54.1 Å². The van der Waals surface area contributed by atoms with Crippen LogP contribution in [-0.2, 0) is 0 Å². The van der Waals surface area contributed by atoms with Gasteiger partial charge in [0, 0.05) is 31.4 Å². The van der Waals surface area contributed by atoms with Gasteiger partial charge in [-0.25, -0.2) is 0 Å². The summed E-state index contributed by atoms with van der Waals surface area (Å²) in [5.74, 6) is 0. The van der Waals surface area contributed by atoms with Crippen molar-refractivity contribution in [3.05, 3.63) is 54.4 Å². The molecule has 2 rings (SSSR count). The fraction of sp³-hybridized carbons (Fsp3) is 0.333. The molecule has 0 fully saturated rings. The van der Waals surface area contributed by atoms with Gasteiger partial charge in [0.05, 0.1) is 23.1 Å². The zero-order chi connectivity index (χ0) is 18.2. The third-order valence-corrected chi connectivity index (χ3v) is 4.24. The van der Waals surface area contributed by atoms with E-state index in [9.17, 15) is 5.26 Å². The molecule has 0 atom stereocenters. The second-order valence-corrected chi connectivity index (χ2v) is 6.02. The molecule has 4 heteroatoms. The fourth-order valence-corrected chi connectivity index (χ4v) is 2.89. The summed E-state index contributed by atoms with van der Waals surface area (Å²) in [7, 11) is 1.89. The summed E-state index contributed by atoms with van der Waals surface area (Å²) in [4.78, 5) is 6.75. The first-order chi connectivity index (χ1) is 12.1. The quantitative estimate of drug-likeness (QED) is 0.707. The number of nitriles is 1. The number of aromatic nitrogens is 1. The molecule has 1 aromatic heterocycles. The molecule has 0 radical (unpaired) electrons. The number of anilines is 2. The van der Waals surface area contributed by atoms with Crippen LogP contribution in [0.3, 0.4) is 0 Å². The number of nitrogens with one attached hydrogen (secondary N) is 1. The van der Waals surface area contributed by atoms with Crippen molar-refractivity contribution in [3.63, 3.8) is 0 Å². The molecule has 0 aliphatic heterocycles. The van der Waals surface area contributed by atoms with Crippen molar-refractivity contribution in [2.24, 2.45) is 0 Å². The molecule has 4 nitrogen and oxygen atoms in total. The van der Waals surface area contributed by atoms with Crippen molar-refractivity contribution in [3.8, 4) is 17.2 Å². The molecule has 0 amide bonds. The average molecular weight is 334 g/mol. The van der Waals surface area contributed by atoms with Crippen molar-refractivity contribution in [1.82, 2.24) is 4.98 Å². The largest absolute Gasteiger partial charge is 0.387 e. The van der Waals surface area contributed by atoms with Crippen LogP contribution in [0.25, 0.3) is 11.1 Å². The van der Waals surface area contributed by atoms with E-state index in [0.29, 0.717) is 5.56 Å². The first kappa shape index (κ1) is 18.5. The molecule has 1 heterocycles. The number of benzene rings is 1. The van der Waals surface area contributed by atoms with Crippen molar-refractivity contribution in [2.45, 2.75) is 26.7 Å². The van der Waals surface area contributed by atoms with Crippen LogP contribution in [0.4, 0.5) is 11.4 Å². The normalized spacial score (nSPS) is 10.2. The highest BCUT2D eigenvalue weighted by atomic mass is 15.1. The molecule has 1 aromatic carbocycles. The van der Waals surface area contributed by atoms with Gasteiger partial charge in [-0.1, -0.05) is 19.1 Å². The molecule has 0 unspecified atom stereocenters. The minimum absolute atomic E-state index is 0.705. The van der Waals surface area contributed by atoms with Crippen molar-refractivity contribution in [2.75, 3.05) is 30.4 Å². The molecule has 130 valence electrons. The first-order valence-corrected chi connectivity index (χ1v) is 8.69. The third-order valence-electron chi connectivity index (χ3n) is 4.24. The van der Waals surface area contributed by atoms with Crippen LogP contribution < -0.4 is 10.2 Å². The molecule has 0 saturated heterocycles. The van der Waals surface area contributed by atoms with E-state index < -0.39 is 0 Å². The molecule has 25 heavy (non-hydrogen) atoms.